The Morgan fingerprint density at radius 3 is 2.81 bits per heavy atom. The first-order valence-corrected chi connectivity index (χ1v) is 9.74. The summed E-state index contributed by atoms with van der Waals surface area (Å²) in [4.78, 5) is 30.1. The van der Waals surface area contributed by atoms with E-state index in [0.29, 0.717) is 0 Å². The normalized spacial score (nSPS) is 17.8. The van der Waals surface area contributed by atoms with Crippen molar-refractivity contribution >= 4 is 11.7 Å². The molecule has 0 radical (unpaired) electrons. The summed E-state index contributed by atoms with van der Waals surface area (Å²) in [6.07, 6.45) is 6.39. The number of nitrogens with one attached hydrogen (secondary N) is 1. The van der Waals surface area contributed by atoms with E-state index >= 15 is 0 Å². The maximum atomic E-state index is 11.8. The molecular formula is C20H26N6O. The van der Waals surface area contributed by atoms with E-state index in [4.69, 9.17) is 9.97 Å². The Bertz CT molecular complexity index is 810. The van der Waals surface area contributed by atoms with Gasteiger partial charge in [-0.25, -0.2) is 9.97 Å². The number of hydrogen-bond donors (Lipinski definition) is 1. The van der Waals surface area contributed by atoms with Crippen molar-refractivity contribution in [3.05, 3.63) is 35.8 Å². The fourth-order valence-electron chi connectivity index (χ4n) is 3.86. The lowest BCUT2D eigenvalue weighted by Crippen LogP contribution is -2.34. The van der Waals surface area contributed by atoms with Crippen molar-refractivity contribution in [3.8, 4) is 11.4 Å². The highest BCUT2D eigenvalue weighted by Gasteiger charge is 2.24. The molecule has 0 saturated carbocycles. The SMILES string of the molecule is CC(=O)N1CCCN(c2nc(-c3cccnc3)nc3c2CCNCC3)CC1. The monoisotopic (exact) mass is 366 g/mol. The van der Waals surface area contributed by atoms with Gasteiger partial charge in [-0.2, -0.15) is 0 Å². The maximum absolute atomic E-state index is 11.8. The minimum Gasteiger partial charge on any atom is -0.354 e. The zero-order valence-electron chi connectivity index (χ0n) is 15.8. The molecule has 1 saturated heterocycles. The molecule has 0 spiro atoms. The van der Waals surface area contributed by atoms with Gasteiger partial charge in [-0.05, 0) is 31.5 Å². The first kappa shape index (κ1) is 17.9. The van der Waals surface area contributed by atoms with E-state index in [-0.39, 0.29) is 5.91 Å². The maximum Gasteiger partial charge on any atom is 0.219 e. The Morgan fingerprint density at radius 2 is 2.00 bits per heavy atom. The second-order valence-electron chi connectivity index (χ2n) is 7.13. The number of carbonyl (C=O) groups excluding carboxylic acids is 1. The number of rotatable bonds is 2. The lowest BCUT2D eigenvalue weighted by molar-refractivity contribution is -0.128. The van der Waals surface area contributed by atoms with Crippen LogP contribution in [0, 0.1) is 0 Å². The number of amides is 1. The van der Waals surface area contributed by atoms with Crippen LogP contribution in [0.2, 0.25) is 0 Å². The van der Waals surface area contributed by atoms with Gasteiger partial charge in [0.15, 0.2) is 5.82 Å². The summed E-state index contributed by atoms with van der Waals surface area (Å²) in [6.45, 7) is 6.82. The molecule has 0 bridgehead atoms. The van der Waals surface area contributed by atoms with Crippen LogP contribution in [-0.4, -0.2) is 65.0 Å². The Balaban J connectivity index is 1.73. The van der Waals surface area contributed by atoms with E-state index < -0.39 is 0 Å². The van der Waals surface area contributed by atoms with Gasteiger partial charge < -0.3 is 15.1 Å². The largest absolute Gasteiger partial charge is 0.354 e. The molecule has 27 heavy (non-hydrogen) atoms. The smallest absolute Gasteiger partial charge is 0.219 e. The average Bonchev–Trinajstić information content (AvgIpc) is 3.08. The molecule has 0 aromatic carbocycles. The highest BCUT2D eigenvalue weighted by atomic mass is 16.2. The summed E-state index contributed by atoms with van der Waals surface area (Å²) >= 11 is 0. The van der Waals surface area contributed by atoms with Crippen LogP contribution in [0.25, 0.3) is 11.4 Å². The molecule has 2 aromatic heterocycles. The van der Waals surface area contributed by atoms with Crippen molar-refractivity contribution < 1.29 is 4.79 Å². The Labute approximate surface area is 159 Å². The second-order valence-corrected chi connectivity index (χ2v) is 7.13. The van der Waals surface area contributed by atoms with Gasteiger partial charge in [0.1, 0.15) is 5.82 Å². The van der Waals surface area contributed by atoms with Crippen molar-refractivity contribution in [1.82, 2.24) is 25.2 Å². The molecule has 1 N–H and O–H groups in total. The molecule has 0 atom stereocenters. The lowest BCUT2D eigenvalue weighted by Gasteiger charge is -2.26. The first-order chi connectivity index (χ1) is 13.2. The van der Waals surface area contributed by atoms with Crippen molar-refractivity contribution in [1.29, 1.82) is 0 Å². The van der Waals surface area contributed by atoms with Gasteiger partial charge in [0.2, 0.25) is 5.91 Å². The van der Waals surface area contributed by atoms with Crippen LogP contribution < -0.4 is 10.2 Å². The Morgan fingerprint density at radius 1 is 1.11 bits per heavy atom. The highest BCUT2D eigenvalue weighted by Crippen LogP contribution is 2.27. The molecule has 0 aliphatic carbocycles. The summed E-state index contributed by atoms with van der Waals surface area (Å²) in [7, 11) is 0. The number of anilines is 1. The summed E-state index contributed by atoms with van der Waals surface area (Å²) in [5.41, 5.74) is 3.33. The van der Waals surface area contributed by atoms with Crippen LogP contribution in [0.3, 0.4) is 0 Å². The van der Waals surface area contributed by atoms with Crippen LogP contribution in [0.5, 0.6) is 0 Å². The molecule has 7 heteroatoms. The third kappa shape index (κ3) is 3.93. The second kappa shape index (κ2) is 8.00. The summed E-state index contributed by atoms with van der Waals surface area (Å²) in [5.74, 6) is 1.93. The van der Waals surface area contributed by atoms with Crippen molar-refractivity contribution in [2.75, 3.05) is 44.2 Å². The molecule has 4 rings (SSSR count). The quantitative estimate of drug-likeness (QED) is 0.863. The number of carbonyl (C=O) groups is 1. The minimum atomic E-state index is 0.151. The number of pyridine rings is 1. The fraction of sp³-hybridized carbons (Fsp3) is 0.500. The lowest BCUT2D eigenvalue weighted by atomic mass is 10.1. The van der Waals surface area contributed by atoms with Crippen molar-refractivity contribution in [3.63, 3.8) is 0 Å². The van der Waals surface area contributed by atoms with E-state index in [9.17, 15) is 4.79 Å². The van der Waals surface area contributed by atoms with Crippen LogP contribution in [0.1, 0.15) is 24.6 Å². The fourth-order valence-corrected chi connectivity index (χ4v) is 3.86. The zero-order valence-corrected chi connectivity index (χ0v) is 15.8. The topological polar surface area (TPSA) is 74.2 Å². The van der Waals surface area contributed by atoms with Gasteiger partial charge in [0.25, 0.3) is 0 Å². The van der Waals surface area contributed by atoms with Crippen LogP contribution >= 0.6 is 0 Å². The van der Waals surface area contributed by atoms with Crippen LogP contribution in [0.4, 0.5) is 5.82 Å². The average molecular weight is 366 g/mol. The number of fused-ring (bicyclic) bond motifs is 1. The van der Waals surface area contributed by atoms with Gasteiger partial charge in [-0.15, -0.1) is 0 Å². The predicted octanol–water partition coefficient (Wildman–Crippen LogP) is 1.29. The predicted molar refractivity (Wildman–Crippen MR) is 105 cm³/mol. The third-order valence-corrected chi connectivity index (χ3v) is 5.32. The molecule has 7 nitrogen and oxygen atoms in total. The first-order valence-electron chi connectivity index (χ1n) is 9.74. The van der Waals surface area contributed by atoms with E-state index in [1.807, 2.05) is 23.2 Å². The van der Waals surface area contributed by atoms with Gasteiger partial charge in [-0.3, -0.25) is 9.78 Å². The highest BCUT2D eigenvalue weighted by molar-refractivity contribution is 5.73. The number of hydrogen-bond acceptors (Lipinski definition) is 6. The van der Waals surface area contributed by atoms with Crippen molar-refractivity contribution in [2.45, 2.75) is 26.2 Å². The Hall–Kier alpha value is -2.54. The molecule has 2 aromatic rings. The van der Waals surface area contributed by atoms with Crippen LogP contribution in [0.15, 0.2) is 24.5 Å². The summed E-state index contributed by atoms with van der Waals surface area (Å²) in [5, 5.41) is 3.47. The molecule has 0 unspecified atom stereocenters. The standard InChI is InChI=1S/C20H26N6O/c1-15(27)25-10-3-11-26(13-12-25)20-17-5-8-21-9-6-18(17)23-19(24-20)16-4-2-7-22-14-16/h2,4,7,14,21H,3,5-6,8-13H2,1H3. The molecule has 1 fully saturated rings. The van der Waals surface area contributed by atoms with E-state index in [1.54, 1.807) is 13.1 Å². The summed E-state index contributed by atoms with van der Waals surface area (Å²) in [6, 6.07) is 3.93. The number of nitrogens with zero attached hydrogens (tertiary/aromatic N) is 5. The molecule has 2 aliphatic heterocycles. The molecule has 1 amide bonds. The third-order valence-electron chi connectivity index (χ3n) is 5.32. The summed E-state index contributed by atoms with van der Waals surface area (Å²) < 4.78 is 0. The van der Waals surface area contributed by atoms with E-state index in [1.165, 1.54) is 5.56 Å². The van der Waals surface area contributed by atoms with Gasteiger partial charge in [-0.1, -0.05) is 0 Å². The van der Waals surface area contributed by atoms with E-state index in [0.717, 1.165) is 81.4 Å². The molecule has 2 aliphatic rings. The minimum absolute atomic E-state index is 0.151. The van der Waals surface area contributed by atoms with Crippen molar-refractivity contribution in [2.24, 2.45) is 0 Å². The zero-order chi connectivity index (χ0) is 18.6. The number of aromatic nitrogens is 3. The van der Waals surface area contributed by atoms with Gasteiger partial charge in [0, 0.05) is 69.6 Å². The van der Waals surface area contributed by atoms with Gasteiger partial charge in [0.05, 0.1) is 5.69 Å². The Kier molecular flexibility index (Phi) is 5.29. The molecular weight excluding hydrogens is 340 g/mol. The van der Waals surface area contributed by atoms with E-state index in [2.05, 4.69) is 15.2 Å². The van der Waals surface area contributed by atoms with Gasteiger partial charge >= 0.3 is 0 Å². The van der Waals surface area contributed by atoms with Crippen LogP contribution in [-0.2, 0) is 17.6 Å². The molecule has 4 heterocycles. The molecule has 142 valence electrons.